The maximum atomic E-state index is 5.50. The highest BCUT2D eigenvalue weighted by Crippen LogP contribution is 2.31. The van der Waals surface area contributed by atoms with E-state index in [-0.39, 0.29) is 0 Å². The van der Waals surface area contributed by atoms with Crippen molar-refractivity contribution in [1.82, 2.24) is 5.32 Å². The lowest BCUT2D eigenvalue weighted by atomic mass is 9.96. The topological polar surface area (TPSA) is 21.3 Å². The Balaban J connectivity index is 2.95. The molecule has 1 unspecified atom stereocenters. The minimum atomic E-state index is 0.369. The van der Waals surface area contributed by atoms with Gasteiger partial charge in [0.05, 0.1) is 7.11 Å². The largest absolute Gasteiger partial charge is 0.496 e. The van der Waals surface area contributed by atoms with Crippen molar-refractivity contribution in [2.45, 2.75) is 39.7 Å². The van der Waals surface area contributed by atoms with Gasteiger partial charge in [-0.1, -0.05) is 42.8 Å². The monoisotopic (exact) mass is 313 g/mol. The molecular formula is C15H24BrNO. The van der Waals surface area contributed by atoms with Crippen LogP contribution in [0.1, 0.15) is 45.2 Å². The molecule has 1 N–H and O–H groups in total. The molecule has 0 saturated heterocycles. The van der Waals surface area contributed by atoms with Crippen molar-refractivity contribution in [2.24, 2.45) is 5.92 Å². The molecule has 2 nitrogen and oxygen atoms in total. The van der Waals surface area contributed by atoms with Crippen LogP contribution in [-0.2, 0) is 0 Å². The van der Waals surface area contributed by atoms with Gasteiger partial charge in [-0.15, -0.1) is 0 Å². The van der Waals surface area contributed by atoms with Crippen LogP contribution in [0.3, 0.4) is 0 Å². The summed E-state index contributed by atoms with van der Waals surface area (Å²) in [6.07, 6.45) is 2.27. The second kappa shape index (κ2) is 7.80. The van der Waals surface area contributed by atoms with E-state index < -0.39 is 0 Å². The van der Waals surface area contributed by atoms with E-state index >= 15 is 0 Å². The summed E-state index contributed by atoms with van der Waals surface area (Å²) >= 11 is 3.49. The lowest BCUT2D eigenvalue weighted by molar-refractivity contribution is 0.381. The number of methoxy groups -OCH3 is 1. The first-order chi connectivity index (χ1) is 8.58. The van der Waals surface area contributed by atoms with Crippen LogP contribution in [0.2, 0.25) is 0 Å². The molecule has 1 rings (SSSR count). The summed E-state index contributed by atoms with van der Waals surface area (Å²) in [5.74, 6) is 1.62. The van der Waals surface area contributed by atoms with Crippen LogP contribution in [0.4, 0.5) is 0 Å². The van der Waals surface area contributed by atoms with E-state index in [1.807, 2.05) is 6.07 Å². The van der Waals surface area contributed by atoms with Crippen LogP contribution in [-0.4, -0.2) is 13.7 Å². The molecule has 0 spiro atoms. The highest BCUT2D eigenvalue weighted by molar-refractivity contribution is 9.10. The highest BCUT2D eigenvalue weighted by atomic mass is 79.9. The number of hydrogen-bond donors (Lipinski definition) is 1. The average Bonchev–Trinajstić information content (AvgIpc) is 2.34. The molecule has 0 bridgehead atoms. The molecule has 0 aliphatic rings. The lowest BCUT2D eigenvalue weighted by Gasteiger charge is -2.23. The first kappa shape index (κ1) is 15.5. The zero-order valence-electron chi connectivity index (χ0n) is 11.8. The van der Waals surface area contributed by atoms with Crippen LogP contribution >= 0.6 is 15.9 Å². The molecule has 0 fully saturated rings. The molecule has 0 aliphatic heterocycles. The van der Waals surface area contributed by atoms with Crippen LogP contribution < -0.4 is 10.1 Å². The van der Waals surface area contributed by atoms with Crippen LogP contribution in [0.5, 0.6) is 5.75 Å². The Morgan fingerprint density at radius 1 is 1.33 bits per heavy atom. The molecule has 0 aromatic heterocycles. The van der Waals surface area contributed by atoms with E-state index in [9.17, 15) is 0 Å². The maximum absolute atomic E-state index is 5.50. The molecular weight excluding hydrogens is 290 g/mol. The van der Waals surface area contributed by atoms with Gasteiger partial charge in [-0.05, 0) is 37.4 Å². The molecule has 0 radical (unpaired) electrons. The van der Waals surface area contributed by atoms with E-state index in [0.717, 1.165) is 29.6 Å². The molecule has 0 amide bonds. The summed E-state index contributed by atoms with van der Waals surface area (Å²) in [5, 5.41) is 3.62. The van der Waals surface area contributed by atoms with Gasteiger partial charge in [0.1, 0.15) is 5.75 Å². The highest BCUT2D eigenvalue weighted by Gasteiger charge is 2.17. The summed E-state index contributed by atoms with van der Waals surface area (Å²) in [6, 6.07) is 6.64. The second-order valence-electron chi connectivity index (χ2n) is 5.02. The van der Waals surface area contributed by atoms with Crippen molar-refractivity contribution in [2.75, 3.05) is 13.7 Å². The number of rotatable bonds is 7. The van der Waals surface area contributed by atoms with Gasteiger partial charge in [-0.2, -0.15) is 0 Å². The van der Waals surface area contributed by atoms with Crippen LogP contribution in [0.15, 0.2) is 22.7 Å². The van der Waals surface area contributed by atoms with E-state index in [1.165, 1.54) is 5.56 Å². The summed E-state index contributed by atoms with van der Waals surface area (Å²) in [6.45, 7) is 7.74. The van der Waals surface area contributed by atoms with Crippen LogP contribution in [0.25, 0.3) is 0 Å². The van der Waals surface area contributed by atoms with Crippen molar-refractivity contribution >= 4 is 15.9 Å². The van der Waals surface area contributed by atoms with Gasteiger partial charge in [-0.3, -0.25) is 0 Å². The van der Waals surface area contributed by atoms with Crippen molar-refractivity contribution in [1.29, 1.82) is 0 Å². The predicted molar refractivity (Wildman–Crippen MR) is 81.2 cm³/mol. The molecule has 18 heavy (non-hydrogen) atoms. The third kappa shape index (κ3) is 4.62. The molecule has 1 aromatic rings. The predicted octanol–water partition coefficient (Wildman–Crippen LogP) is 4.54. The third-order valence-corrected chi connectivity index (χ3v) is 3.41. The zero-order chi connectivity index (χ0) is 13.5. The normalized spacial score (nSPS) is 12.8. The Labute approximate surface area is 119 Å². The van der Waals surface area contributed by atoms with Gasteiger partial charge in [0.15, 0.2) is 0 Å². The molecule has 102 valence electrons. The van der Waals surface area contributed by atoms with Gasteiger partial charge in [0.2, 0.25) is 0 Å². The van der Waals surface area contributed by atoms with Gasteiger partial charge < -0.3 is 10.1 Å². The van der Waals surface area contributed by atoms with Gasteiger partial charge in [0.25, 0.3) is 0 Å². The van der Waals surface area contributed by atoms with Gasteiger partial charge in [0, 0.05) is 16.1 Å². The van der Waals surface area contributed by atoms with E-state index in [4.69, 9.17) is 4.74 Å². The molecule has 1 aromatic carbocycles. The Kier molecular flexibility index (Phi) is 6.72. The van der Waals surface area contributed by atoms with Gasteiger partial charge >= 0.3 is 0 Å². The van der Waals surface area contributed by atoms with E-state index in [0.29, 0.717) is 12.0 Å². The zero-order valence-corrected chi connectivity index (χ0v) is 13.4. The quantitative estimate of drug-likeness (QED) is 0.797. The molecule has 3 heteroatoms. The van der Waals surface area contributed by atoms with E-state index in [1.54, 1.807) is 7.11 Å². The first-order valence-corrected chi connectivity index (χ1v) is 7.44. The Bertz CT molecular complexity index is 366. The van der Waals surface area contributed by atoms with Crippen LogP contribution in [0, 0.1) is 5.92 Å². The minimum Gasteiger partial charge on any atom is -0.496 e. The maximum Gasteiger partial charge on any atom is 0.124 e. The fraction of sp³-hybridized carbons (Fsp3) is 0.600. The number of ether oxygens (including phenoxy) is 1. The standard InChI is InChI=1S/C15H24BrNO/c1-5-8-17-14(9-11(2)3)13-7-6-12(16)10-15(13)18-4/h6-7,10-11,14,17H,5,8-9H2,1-4H3. The summed E-state index contributed by atoms with van der Waals surface area (Å²) in [4.78, 5) is 0. The molecule has 1 atom stereocenters. The SMILES string of the molecule is CCCNC(CC(C)C)c1ccc(Br)cc1OC. The Morgan fingerprint density at radius 3 is 2.61 bits per heavy atom. The summed E-state index contributed by atoms with van der Waals surface area (Å²) < 4.78 is 6.56. The first-order valence-electron chi connectivity index (χ1n) is 6.65. The molecule has 0 saturated carbocycles. The summed E-state index contributed by atoms with van der Waals surface area (Å²) in [5.41, 5.74) is 1.25. The Hall–Kier alpha value is -0.540. The smallest absolute Gasteiger partial charge is 0.124 e. The number of halogens is 1. The summed E-state index contributed by atoms with van der Waals surface area (Å²) in [7, 11) is 1.73. The molecule has 0 heterocycles. The minimum absolute atomic E-state index is 0.369. The third-order valence-electron chi connectivity index (χ3n) is 2.92. The van der Waals surface area contributed by atoms with Crippen molar-refractivity contribution < 1.29 is 4.74 Å². The van der Waals surface area contributed by atoms with Crippen molar-refractivity contribution in [3.05, 3.63) is 28.2 Å². The van der Waals surface area contributed by atoms with Gasteiger partial charge in [-0.25, -0.2) is 0 Å². The lowest BCUT2D eigenvalue weighted by Crippen LogP contribution is -2.24. The van der Waals surface area contributed by atoms with Crippen molar-refractivity contribution in [3.8, 4) is 5.75 Å². The number of hydrogen-bond acceptors (Lipinski definition) is 2. The van der Waals surface area contributed by atoms with Crippen molar-refractivity contribution in [3.63, 3.8) is 0 Å². The fourth-order valence-corrected chi connectivity index (χ4v) is 2.42. The number of benzene rings is 1. The fourth-order valence-electron chi connectivity index (χ4n) is 2.08. The Morgan fingerprint density at radius 2 is 2.06 bits per heavy atom. The second-order valence-corrected chi connectivity index (χ2v) is 5.94. The average molecular weight is 314 g/mol. The van der Waals surface area contributed by atoms with E-state index in [2.05, 4.69) is 54.2 Å². The number of nitrogens with one attached hydrogen (secondary N) is 1. The molecule has 0 aliphatic carbocycles.